The maximum absolute atomic E-state index is 5.85. The molecular weight excluding hydrogens is 512 g/mol. The lowest BCUT2D eigenvalue weighted by atomic mass is 10.0. The van der Waals surface area contributed by atoms with Crippen LogP contribution in [0.3, 0.4) is 0 Å². The van der Waals surface area contributed by atoms with Crippen molar-refractivity contribution in [1.82, 2.24) is 9.47 Å². The topological polar surface area (TPSA) is 17.4 Å². The van der Waals surface area contributed by atoms with E-state index in [1.165, 1.54) is 33.1 Å². The molecule has 0 fully saturated rings. The molecule has 1 aliphatic heterocycles. The van der Waals surface area contributed by atoms with Crippen LogP contribution in [0.5, 0.6) is 0 Å². The van der Waals surface area contributed by atoms with E-state index in [1.54, 1.807) is 12.2 Å². The van der Waals surface area contributed by atoms with Crippen molar-refractivity contribution in [3.8, 4) is 5.69 Å². The standard InChI is InChI=1S/C19H15N.C15H19NO.C5H12/c1-14-11-12-19-17(13-14)16-9-5-6-10-18(16)20(19)15-7-3-2-4-8-15;1-6-10-14-12(8-3)16(5)13(9-4)15(17-14)11-7-2;1-5(2,3)4/h2-13H,1H3;6-11H,1,4H2,2-3,5H3;1-4H3/b;11-7-,12-8+,14-10+;. The van der Waals surface area contributed by atoms with Crippen molar-refractivity contribution in [2.45, 2.75) is 48.5 Å². The van der Waals surface area contributed by atoms with E-state index in [9.17, 15) is 0 Å². The Morgan fingerprint density at radius 3 is 2.02 bits per heavy atom. The monoisotopic (exact) mass is 558 g/mol. The molecule has 3 nitrogen and oxygen atoms in total. The maximum Gasteiger partial charge on any atom is 0.150 e. The second-order valence-corrected chi connectivity index (χ2v) is 11.8. The molecule has 0 saturated carbocycles. The zero-order valence-corrected chi connectivity index (χ0v) is 26.6. The number of benzene rings is 3. The van der Waals surface area contributed by atoms with Gasteiger partial charge in [0.15, 0.2) is 11.5 Å². The smallest absolute Gasteiger partial charge is 0.150 e. The molecule has 0 bridgehead atoms. The van der Waals surface area contributed by atoms with Gasteiger partial charge in [-0.3, -0.25) is 0 Å². The highest BCUT2D eigenvalue weighted by Crippen LogP contribution is 2.33. The van der Waals surface area contributed by atoms with Gasteiger partial charge in [-0.1, -0.05) is 107 Å². The lowest BCUT2D eigenvalue weighted by Gasteiger charge is -2.32. The van der Waals surface area contributed by atoms with Gasteiger partial charge < -0.3 is 14.2 Å². The molecular formula is C39H46N2O. The fourth-order valence-corrected chi connectivity index (χ4v) is 4.70. The second-order valence-electron chi connectivity index (χ2n) is 11.8. The highest BCUT2D eigenvalue weighted by molar-refractivity contribution is 6.09. The zero-order valence-electron chi connectivity index (χ0n) is 26.6. The van der Waals surface area contributed by atoms with E-state index >= 15 is 0 Å². The number of para-hydroxylation sites is 2. The summed E-state index contributed by atoms with van der Waals surface area (Å²) in [6.07, 6.45) is 11.2. The van der Waals surface area contributed by atoms with Crippen LogP contribution in [0.25, 0.3) is 27.5 Å². The number of aromatic nitrogens is 1. The van der Waals surface area contributed by atoms with Crippen LogP contribution in [0.1, 0.15) is 47.1 Å². The van der Waals surface area contributed by atoms with Crippen LogP contribution in [0.4, 0.5) is 0 Å². The number of hydrogen-bond acceptors (Lipinski definition) is 2. The van der Waals surface area contributed by atoms with Crippen molar-refractivity contribution in [1.29, 1.82) is 0 Å². The first kappa shape index (κ1) is 32.0. The molecule has 1 aromatic heterocycles. The fourth-order valence-electron chi connectivity index (χ4n) is 4.70. The summed E-state index contributed by atoms with van der Waals surface area (Å²) in [7, 11) is 2.00. The van der Waals surface area contributed by atoms with E-state index in [1.807, 2.05) is 45.2 Å². The SMILES string of the molecule is C=C/C=C1/OC(/C=C\C)=C(C=C)N(C)/C1=C/C.CC(C)(C)C.Cc1ccc2c(c1)c1ccccc1n2-c1ccccc1. The van der Waals surface area contributed by atoms with Crippen molar-refractivity contribution in [3.63, 3.8) is 0 Å². The van der Waals surface area contributed by atoms with Crippen LogP contribution < -0.4 is 0 Å². The fraction of sp³-hybridized carbons (Fsp3) is 0.231. The van der Waals surface area contributed by atoms with Crippen molar-refractivity contribution >= 4 is 21.8 Å². The lowest BCUT2D eigenvalue weighted by Crippen LogP contribution is -2.24. The largest absolute Gasteiger partial charge is 0.453 e. The molecule has 0 spiro atoms. The Hall–Kier alpha value is -4.50. The summed E-state index contributed by atoms with van der Waals surface area (Å²) < 4.78 is 8.18. The van der Waals surface area contributed by atoms with E-state index in [0.29, 0.717) is 5.41 Å². The predicted octanol–water partition coefficient (Wildman–Crippen LogP) is 11.0. The first-order valence-corrected chi connectivity index (χ1v) is 14.5. The van der Waals surface area contributed by atoms with E-state index in [2.05, 4.69) is 130 Å². The molecule has 2 heterocycles. The van der Waals surface area contributed by atoms with Crippen LogP contribution >= 0.6 is 0 Å². The van der Waals surface area contributed by atoms with Crippen molar-refractivity contribution in [2.24, 2.45) is 5.41 Å². The van der Waals surface area contributed by atoms with E-state index < -0.39 is 0 Å². The molecule has 0 aliphatic carbocycles. The van der Waals surface area contributed by atoms with Crippen molar-refractivity contribution in [3.05, 3.63) is 151 Å². The first-order valence-electron chi connectivity index (χ1n) is 14.5. The van der Waals surface area contributed by atoms with Gasteiger partial charge in [-0.05, 0) is 74.7 Å². The molecule has 1 aliphatic rings. The quantitative estimate of drug-likeness (QED) is 0.248. The third-order valence-corrected chi connectivity index (χ3v) is 6.34. The number of ether oxygens (including phenoxy) is 1. The van der Waals surface area contributed by atoms with Crippen LogP contribution in [0, 0.1) is 12.3 Å². The van der Waals surface area contributed by atoms with Gasteiger partial charge in [-0.15, -0.1) is 0 Å². The minimum absolute atomic E-state index is 0.500. The Morgan fingerprint density at radius 1 is 0.810 bits per heavy atom. The molecule has 0 N–H and O–H groups in total. The number of rotatable bonds is 4. The predicted molar refractivity (Wildman–Crippen MR) is 184 cm³/mol. The van der Waals surface area contributed by atoms with Gasteiger partial charge in [-0.25, -0.2) is 0 Å². The molecule has 0 unspecified atom stereocenters. The average molecular weight is 559 g/mol. The Balaban J connectivity index is 0.000000202. The Morgan fingerprint density at radius 2 is 1.43 bits per heavy atom. The third-order valence-electron chi connectivity index (χ3n) is 6.34. The number of likely N-dealkylation sites (N-methyl/N-ethyl adjacent to an activating group) is 1. The maximum atomic E-state index is 5.85. The number of allylic oxidation sites excluding steroid dienone is 6. The number of fused-ring (bicyclic) bond motifs is 3. The zero-order chi connectivity index (χ0) is 30.9. The minimum atomic E-state index is 0.500. The average Bonchev–Trinajstić information content (AvgIpc) is 3.27. The summed E-state index contributed by atoms with van der Waals surface area (Å²) in [4.78, 5) is 2.06. The third kappa shape index (κ3) is 7.82. The molecule has 42 heavy (non-hydrogen) atoms. The van der Waals surface area contributed by atoms with Gasteiger partial charge in [0.1, 0.15) is 0 Å². The van der Waals surface area contributed by atoms with Gasteiger partial charge in [-0.2, -0.15) is 0 Å². The van der Waals surface area contributed by atoms with Crippen molar-refractivity contribution in [2.75, 3.05) is 7.05 Å². The molecule has 218 valence electrons. The summed E-state index contributed by atoms with van der Waals surface area (Å²) in [5.41, 5.74) is 7.50. The van der Waals surface area contributed by atoms with E-state index in [-0.39, 0.29) is 0 Å². The van der Waals surface area contributed by atoms with Gasteiger partial charge >= 0.3 is 0 Å². The van der Waals surface area contributed by atoms with Crippen LogP contribution in [0.15, 0.2) is 145 Å². The first-order chi connectivity index (χ1) is 20.0. The summed E-state index contributed by atoms with van der Waals surface area (Å²) >= 11 is 0. The Kier molecular flexibility index (Phi) is 11.0. The number of aryl methyl sites for hydroxylation is 1. The summed E-state index contributed by atoms with van der Waals surface area (Å²) in [5.74, 6) is 1.59. The number of hydrogen-bond donors (Lipinski definition) is 0. The summed E-state index contributed by atoms with van der Waals surface area (Å²) in [6, 6.07) is 25.8. The van der Waals surface area contributed by atoms with Gasteiger partial charge in [0.25, 0.3) is 0 Å². The van der Waals surface area contributed by atoms with Gasteiger partial charge in [0.2, 0.25) is 0 Å². The molecule has 0 radical (unpaired) electrons. The Bertz CT molecular complexity index is 1650. The van der Waals surface area contributed by atoms with Crippen molar-refractivity contribution < 1.29 is 4.74 Å². The number of nitrogens with zero attached hydrogens (tertiary/aromatic N) is 2. The van der Waals surface area contributed by atoms with Gasteiger partial charge in [0.05, 0.1) is 22.4 Å². The molecule has 0 amide bonds. The van der Waals surface area contributed by atoms with Crippen LogP contribution in [-0.2, 0) is 4.74 Å². The van der Waals surface area contributed by atoms with Crippen LogP contribution in [-0.4, -0.2) is 16.5 Å². The molecule has 5 rings (SSSR count). The molecule has 3 aromatic carbocycles. The highest BCUT2D eigenvalue weighted by atomic mass is 16.5. The lowest BCUT2D eigenvalue weighted by molar-refractivity contribution is 0.264. The van der Waals surface area contributed by atoms with Crippen LogP contribution in [0.2, 0.25) is 0 Å². The molecule has 0 atom stereocenters. The van der Waals surface area contributed by atoms with E-state index in [0.717, 1.165) is 22.9 Å². The van der Waals surface area contributed by atoms with E-state index in [4.69, 9.17) is 4.74 Å². The normalized spacial score (nSPS) is 15.4. The molecule has 3 heteroatoms. The molecule has 0 saturated heterocycles. The highest BCUT2D eigenvalue weighted by Gasteiger charge is 2.22. The summed E-state index contributed by atoms with van der Waals surface area (Å²) in [6.45, 7) is 22.4. The Labute approximate surface area is 253 Å². The minimum Gasteiger partial charge on any atom is -0.453 e. The van der Waals surface area contributed by atoms with Gasteiger partial charge in [0, 0.05) is 23.5 Å². The summed E-state index contributed by atoms with van der Waals surface area (Å²) in [5, 5.41) is 2.64. The molecule has 4 aromatic rings. The second kappa shape index (κ2) is 14.4.